The molecule has 3 rings (SSSR count). The van der Waals surface area contributed by atoms with Crippen molar-refractivity contribution in [3.8, 4) is 5.75 Å². The summed E-state index contributed by atoms with van der Waals surface area (Å²) in [6, 6.07) is 16.2. The first-order valence-electron chi connectivity index (χ1n) is 11.2. The number of amides is 2. The molecule has 1 fully saturated rings. The SMILES string of the molecule is CCOC(=O)[C@H](Cc1ccc(OCC)cc1)NC(=O)[C@H]1O[C@@H]1C(=O)NCCc1ccccc1. The number of hydrogen-bond acceptors (Lipinski definition) is 6. The van der Waals surface area contributed by atoms with E-state index in [1.54, 1.807) is 6.92 Å². The minimum Gasteiger partial charge on any atom is -0.494 e. The third-order valence-corrected chi connectivity index (χ3v) is 5.13. The van der Waals surface area contributed by atoms with Crippen LogP contribution in [0, 0.1) is 0 Å². The van der Waals surface area contributed by atoms with Crippen molar-refractivity contribution in [2.45, 2.75) is 44.9 Å². The molecule has 2 aromatic rings. The summed E-state index contributed by atoms with van der Waals surface area (Å²) in [5, 5.41) is 5.45. The maximum atomic E-state index is 12.6. The highest BCUT2D eigenvalue weighted by Crippen LogP contribution is 2.23. The van der Waals surface area contributed by atoms with E-state index in [-0.39, 0.29) is 18.9 Å². The molecule has 0 saturated carbocycles. The topological polar surface area (TPSA) is 106 Å². The smallest absolute Gasteiger partial charge is 0.328 e. The molecule has 0 bridgehead atoms. The third kappa shape index (κ3) is 7.32. The van der Waals surface area contributed by atoms with E-state index in [2.05, 4.69) is 10.6 Å². The number of benzene rings is 2. The molecule has 176 valence electrons. The summed E-state index contributed by atoms with van der Waals surface area (Å²) >= 11 is 0. The van der Waals surface area contributed by atoms with Gasteiger partial charge >= 0.3 is 5.97 Å². The van der Waals surface area contributed by atoms with Crippen molar-refractivity contribution in [1.29, 1.82) is 0 Å². The molecule has 33 heavy (non-hydrogen) atoms. The van der Waals surface area contributed by atoms with Gasteiger partial charge < -0.3 is 24.8 Å². The molecule has 0 aliphatic carbocycles. The fraction of sp³-hybridized carbons (Fsp3) is 0.400. The van der Waals surface area contributed by atoms with Crippen molar-refractivity contribution >= 4 is 17.8 Å². The van der Waals surface area contributed by atoms with Crippen molar-refractivity contribution in [3.05, 3.63) is 65.7 Å². The summed E-state index contributed by atoms with van der Waals surface area (Å²) < 4.78 is 15.8. The third-order valence-electron chi connectivity index (χ3n) is 5.13. The number of nitrogens with one attached hydrogen (secondary N) is 2. The standard InChI is InChI=1S/C25H30N2O6/c1-3-31-19-12-10-18(11-13-19)16-20(25(30)32-4-2)27-24(29)22-21(33-22)23(28)26-15-14-17-8-6-5-7-9-17/h5-13,20-22H,3-4,14-16H2,1-2H3,(H,26,28)(H,27,29)/t20-,21-,22-/m0/s1. The molecule has 3 atom stereocenters. The molecule has 8 heteroatoms. The average molecular weight is 455 g/mol. The van der Waals surface area contributed by atoms with E-state index >= 15 is 0 Å². The summed E-state index contributed by atoms with van der Waals surface area (Å²) in [6.07, 6.45) is -0.839. The molecule has 2 N–H and O–H groups in total. The first-order chi connectivity index (χ1) is 16.0. The molecule has 1 heterocycles. The zero-order valence-electron chi connectivity index (χ0n) is 18.9. The van der Waals surface area contributed by atoms with E-state index in [0.29, 0.717) is 19.6 Å². The van der Waals surface area contributed by atoms with Gasteiger partial charge in [0.2, 0.25) is 0 Å². The Balaban J connectivity index is 1.50. The first-order valence-corrected chi connectivity index (χ1v) is 11.2. The molecule has 8 nitrogen and oxygen atoms in total. The number of ether oxygens (including phenoxy) is 3. The molecule has 2 amide bonds. The van der Waals surface area contributed by atoms with E-state index in [1.807, 2.05) is 61.5 Å². The Labute approximate surface area is 193 Å². The van der Waals surface area contributed by atoms with Crippen LogP contribution in [0.3, 0.4) is 0 Å². The second kappa shape index (κ2) is 12.0. The van der Waals surface area contributed by atoms with Gasteiger partial charge in [-0.1, -0.05) is 42.5 Å². The summed E-state index contributed by atoms with van der Waals surface area (Å²) in [5.41, 5.74) is 1.94. The van der Waals surface area contributed by atoms with Crippen LogP contribution < -0.4 is 15.4 Å². The van der Waals surface area contributed by atoms with Crippen LogP contribution in [-0.4, -0.2) is 55.8 Å². The highest BCUT2D eigenvalue weighted by Gasteiger charge is 2.50. The maximum absolute atomic E-state index is 12.6. The number of epoxide rings is 1. The summed E-state index contributed by atoms with van der Waals surface area (Å²) in [6.45, 7) is 4.80. The summed E-state index contributed by atoms with van der Waals surface area (Å²) in [5.74, 6) is -0.665. The van der Waals surface area contributed by atoms with E-state index < -0.39 is 30.1 Å². The molecule has 1 aliphatic heterocycles. The van der Waals surface area contributed by atoms with Crippen LogP contribution in [-0.2, 0) is 36.7 Å². The number of carbonyl (C=O) groups excluding carboxylic acids is 3. The molecular weight excluding hydrogens is 424 g/mol. The Hall–Kier alpha value is -3.39. The van der Waals surface area contributed by atoms with Crippen LogP contribution in [0.5, 0.6) is 5.75 Å². The molecule has 0 radical (unpaired) electrons. The van der Waals surface area contributed by atoms with E-state index in [0.717, 1.165) is 16.9 Å². The molecule has 1 aliphatic rings. The Kier molecular flexibility index (Phi) is 8.83. The molecule has 2 aromatic carbocycles. The van der Waals surface area contributed by atoms with Gasteiger partial charge in [-0.25, -0.2) is 4.79 Å². The van der Waals surface area contributed by atoms with Crippen LogP contribution in [0.25, 0.3) is 0 Å². The Bertz CT molecular complexity index is 932. The van der Waals surface area contributed by atoms with Crippen LogP contribution in [0.2, 0.25) is 0 Å². The minimum atomic E-state index is -0.918. The number of carbonyl (C=O) groups is 3. The average Bonchev–Trinajstić information content (AvgIpc) is 3.62. The lowest BCUT2D eigenvalue weighted by Crippen LogP contribution is -2.46. The number of rotatable bonds is 12. The van der Waals surface area contributed by atoms with Gasteiger partial charge in [-0.05, 0) is 43.5 Å². The van der Waals surface area contributed by atoms with E-state index in [9.17, 15) is 14.4 Å². The highest BCUT2D eigenvalue weighted by atomic mass is 16.6. The Morgan fingerprint density at radius 1 is 0.909 bits per heavy atom. The molecule has 0 unspecified atom stereocenters. The van der Waals surface area contributed by atoms with Gasteiger partial charge in [-0.2, -0.15) is 0 Å². The van der Waals surface area contributed by atoms with Crippen LogP contribution >= 0.6 is 0 Å². The van der Waals surface area contributed by atoms with Crippen molar-refractivity contribution < 1.29 is 28.6 Å². The molecular formula is C25H30N2O6. The highest BCUT2D eigenvalue weighted by molar-refractivity contribution is 5.96. The zero-order chi connectivity index (χ0) is 23.6. The van der Waals surface area contributed by atoms with Gasteiger partial charge in [-0.15, -0.1) is 0 Å². The first kappa shape index (κ1) is 24.3. The summed E-state index contributed by atoms with van der Waals surface area (Å²) in [7, 11) is 0. The molecule has 1 saturated heterocycles. The lowest BCUT2D eigenvalue weighted by molar-refractivity contribution is -0.147. The van der Waals surface area contributed by atoms with E-state index in [4.69, 9.17) is 14.2 Å². The van der Waals surface area contributed by atoms with Gasteiger partial charge in [0.05, 0.1) is 13.2 Å². The fourth-order valence-corrected chi connectivity index (χ4v) is 3.40. The van der Waals surface area contributed by atoms with Crippen LogP contribution in [0.15, 0.2) is 54.6 Å². The second-order valence-corrected chi connectivity index (χ2v) is 7.60. The summed E-state index contributed by atoms with van der Waals surface area (Å²) in [4.78, 5) is 37.3. The van der Waals surface area contributed by atoms with Gasteiger partial charge in [0.25, 0.3) is 11.8 Å². The van der Waals surface area contributed by atoms with Crippen LogP contribution in [0.1, 0.15) is 25.0 Å². The Morgan fingerprint density at radius 2 is 1.61 bits per heavy atom. The van der Waals surface area contributed by atoms with Crippen molar-refractivity contribution in [1.82, 2.24) is 10.6 Å². The Morgan fingerprint density at radius 3 is 2.27 bits per heavy atom. The lowest BCUT2D eigenvalue weighted by Gasteiger charge is -2.17. The minimum absolute atomic E-state index is 0.195. The largest absolute Gasteiger partial charge is 0.494 e. The predicted octanol–water partition coefficient (Wildman–Crippen LogP) is 1.80. The quantitative estimate of drug-likeness (QED) is 0.374. The van der Waals surface area contributed by atoms with E-state index in [1.165, 1.54) is 0 Å². The van der Waals surface area contributed by atoms with Gasteiger partial charge in [0.15, 0.2) is 12.2 Å². The van der Waals surface area contributed by atoms with Crippen molar-refractivity contribution in [3.63, 3.8) is 0 Å². The number of hydrogen-bond donors (Lipinski definition) is 2. The lowest BCUT2D eigenvalue weighted by atomic mass is 10.1. The van der Waals surface area contributed by atoms with Crippen molar-refractivity contribution in [2.24, 2.45) is 0 Å². The molecule has 0 spiro atoms. The molecule has 0 aromatic heterocycles. The monoisotopic (exact) mass is 454 g/mol. The number of esters is 1. The fourth-order valence-electron chi connectivity index (χ4n) is 3.40. The van der Waals surface area contributed by atoms with Gasteiger partial charge in [0.1, 0.15) is 11.8 Å². The predicted molar refractivity (Wildman–Crippen MR) is 122 cm³/mol. The maximum Gasteiger partial charge on any atom is 0.328 e. The van der Waals surface area contributed by atoms with Crippen LogP contribution in [0.4, 0.5) is 0 Å². The second-order valence-electron chi connectivity index (χ2n) is 7.60. The van der Waals surface area contributed by atoms with Crippen molar-refractivity contribution in [2.75, 3.05) is 19.8 Å². The normalized spacial score (nSPS) is 17.5. The van der Waals surface area contributed by atoms with Gasteiger partial charge in [0, 0.05) is 13.0 Å². The zero-order valence-corrected chi connectivity index (χ0v) is 18.9. The van der Waals surface area contributed by atoms with Gasteiger partial charge in [-0.3, -0.25) is 9.59 Å².